The molecule has 1 fully saturated rings. The predicted octanol–water partition coefficient (Wildman–Crippen LogP) is 0.470. The van der Waals surface area contributed by atoms with Crippen LogP contribution in [0.4, 0.5) is 11.6 Å². The summed E-state index contributed by atoms with van der Waals surface area (Å²) in [4.78, 5) is 6.59. The third kappa shape index (κ3) is 2.19. The largest absolute Gasteiger partial charge is 0.493 e. The van der Waals surface area contributed by atoms with Crippen molar-refractivity contribution in [2.75, 3.05) is 37.4 Å². The molecule has 1 aromatic rings. The predicted molar refractivity (Wildman–Crippen MR) is 64.9 cm³/mol. The van der Waals surface area contributed by atoms with Crippen molar-refractivity contribution in [2.45, 2.75) is 13.0 Å². The Morgan fingerprint density at radius 3 is 3.00 bits per heavy atom. The van der Waals surface area contributed by atoms with Crippen molar-refractivity contribution < 1.29 is 4.74 Å². The molecule has 0 amide bonds. The van der Waals surface area contributed by atoms with Gasteiger partial charge in [-0.1, -0.05) is 0 Å². The Morgan fingerprint density at radius 1 is 1.56 bits per heavy atom. The van der Waals surface area contributed by atoms with Crippen molar-refractivity contribution in [1.82, 2.24) is 10.3 Å². The van der Waals surface area contributed by atoms with Gasteiger partial charge in [0.25, 0.3) is 0 Å². The van der Waals surface area contributed by atoms with E-state index in [4.69, 9.17) is 10.5 Å². The quantitative estimate of drug-likeness (QED) is 0.761. The summed E-state index contributed by atoms with van der Waals surface area (Å²) >= 11 is 0. The molecule has 0 saturated carbocycles. The van der Waals surface area contributed by atoms with Crippen LogP contribution in [0.15, 0.2) is 12.1 Å². The first-order chi connectivity index (χ1) is 7.70. The normalized spacial score (nSPS) is 20.9. The Bertz CT molecular complexity index is 369. The summed E-state index contributed by atoms with van der Waals surface area (Å²) < 4.78 is 5.09. The number of ether oxygens (including phenoxy) is 1. The molecule has 0 unspecified atom stereocenters. The fraction of sp³-hybridized carbons (Fsp3) is 0.545. The van der Waals surface area contributed by atoms with Gasteiger partial charge in [0, 0.05) is 25.7 Å². The zero-order valence-corrected chi connectivity index (χ0v) is 9.73. The summed E-state index contributed by atoms with van der Waals surface area (Å²) in [7, 11) is 1.60. The van der Waals surface area contributed by atoms with Crippen molar-refractivity contribution in [3.63, 3.8) is 0 Å². The number of nitrogen functional groups attached to an aromatic ring is 1. The molecule has 1 atom stereocenters. The Hall–Kier alpha value is -1.49. The first-order valence-corrected chi connectivity index (χ1v) is 5.49. The summed E-state index contributed by atoms with van der Waals surface area (Å²) in [6.45, 7) is 5.07. The molecule has 88 valence electrons. The maximum Gasteiger partial charge on any atom is 0.168 e. The van der Waals surface area contributed by atoms with Gasteiger partial charge in [0.05, 0.1) is 7.11 Å². The van der Waals surface area contributed by atoms with Crippen LogP contribution in [-0.2, 0) is 0 Å². The molecule has 0 radical (unpaired) electrons. The van der Waals surface area contributed by atoms with E-state index in [0.29, 0.717) is 17.6 Å². The van der Waals surface area contributed by atoms with Gasteiger partial charge in [-0.2, -0.15) is 0 Å². The molecule has 3 N–H and O–H groups in total. The van der Waals surface area contributed by atoms with Gasteiger partial charge < -0.3 is 20.7 Å². The van der Waals surface area contributed by atoms with E-state index in [9.17, 15) is 0 Å². The summed E-state index contributed by atoms with van der Waals surface area (Å²) in [5.74, 6) is 2.00. The average molecular weight is 222 g/mol. The zero-order valence-electron chi connectivity index (χ0n) is 9.73. The van der Waals surface area contributed by atoms with Gasteiger partial charge in [0.1, 0.15) is 5.82 Å². The molecule has 2 rings (SSSR count). The van der Waals surface area contributed by atoms with Crippen molar-refractivity contribution in [1.29, 1.82) is 0 Å². The lowest BCUT2D eigenvalue weighted by atomic mass is 10.2. The molecule has 5 heteroatoms. The Kier molecular flexibility index (Phi) is 3.14. The third-order valence-electron chi connectivity index (χ3n) is 2.78. The number of nitrogens with zero attached hydrogens (tertiary/aromatic N) is 2. The van der Waals surface area contributed by atoms with Crippen LogP contribution in [0.2, 0.25) is 0 Å². The Labute approximate surface area is 95.6 Å². The van der Waals surface area contributed by atoms with Gasteiger partial charge in [-0.05, 0) is 19.1 Å². The van der Waals surface area contributed by atoms with Gasteiger partial charge in [-0.15, -0.1) is 0 Å². The molecule has 1 saturated heterocycles. The lowest BCUT2D eigenvalue weighted by molar-refractivity contribution is 0.415. The number of hydrogen-bond donors (Lipinski definition) is 2. The molecule has 0 aliphatic carbocycles. The SMILES string of the molecule is COc1ccc(N2CCN[C@@H](C)C2)nc1N. The van der Waals surface area contributed by atoms with Crippen LogP contribution >= 0.6 is 0 Å². The molecule has 2 heterocycles. The van der Waals surface area contributed by atoms with Crippen LogP contribution in [-0.4, -0.2) is 37.8 Å². The van der Waals surface area contributed by atoms with Crippen LogP contribution in [0, 0.1) is 0 Å². The number of nitrogens with two attached hydrogens (primary N) is 1. The molecule has 0 spiro atoms. The van der Waals surface area contributed by atoms with E-state index in [0.717, 1.165) is 25.5 Å². The molecule has 0 bridgehead atoms. The minimum Gasteiger partial charge on any atom is -0.493 e. The molecule has 1 aliphatic rings. The van der Waals surface area contributed by atoms with Gasteiger partial charge >= 0.3 is 0 Å². The molecule has 5 nitrogen and oxygen atoms in total. The topological polar surface area (TPSA) is 63.4 Å². The smallest absolute Gasteiger partial charge is 0.168 e. The van der Waals surface area contributed by atoms with Crippen LogP contribution in [0.5, 0.6) is 5.75 Å². The van der Waals surface area contributed by atoms with Crippen LogP contribution in [0.1, 0.15) is 6.92 Å². The fourth-order valence-electron chi connectivity index (χ4n) is 1.94. The van der Waals surface area contributed by atoms with E-state index >= 15 is 0 Å². The highest BCUT2D eigenvalue weighted by Crippen LogP contribution is 2.23. The van der Waals surface area contributed by atoms with Crippen LogP contribution < -0.4 is 20.7 Å². The molecular formula is C11H18N4O. The van der Waals surface area contributed by atoms with Gasteiger partial charge in [0.2, 0.25) is 0 Å². The Morgan fingerprint density at radius 2 is 2.38 bits per heavy atom. The minimum absolute atomic E-state index is 0.450. The number of anilines is 2. The fourth-order valence-corrected chi connectivity index (χ4v) is 1.94. The highest BCUT2D eigenvalue weighted by Gasteiger charge is 2.17. The monoisotopic (exact) mass is 222 g/mol. The minimum atomic E-state index is 0.450. The maximum absolute atomic E-state index is 5.79. The van der Waals surface area contributed by atoms with Gasteiger partial charge in [-0.3, -0.25) is 0 Å². The second kappa shape index (κ2) is 4.57. The van der Waals surface area contributed by atoms with Crippen molar-refractivity contribution in [3.8, 4) is 5.75 Å². The van der Waals surface area contributed by atoms with E-state index in [1.54, 1.807) is 7.11 Å². The average Bonchev–Trinajstić information content (AvgIpc) is 2.29. The number of aromatic nitrogens is 1. The Balaban J connectivity index is 2.17. The maximum atomic E-state index is 5.79. The van der Waals surface area contributed by atoms with Gasteiger partial charge in [0.15, 0.2) is 11.6 Å². The lowest BCUT2D eigenvalue weighted by Gasteiger charge is -2.32. The number of piperazine rings is 1. The van der Waals surface area contributed by atoms with E-state index in [2.05, 4.69) is 22.1 Å². The van der Waals surface area contributed by atoms with E-state index < -0.39 is 0 Å². The van der Waals surface area contributed by atoms with Crippen molar-refractivity contribution in [2.24, 2.45) is 0 Å². The summed E-state index contributed by atoms with van der Waals surface area (Å²) in [5, 5.41) is 3.39. The van der Waals surface area contributed by atoms with Crippen molar-refractivity contribution >= 4 is 11.6 Å². The molecular weight excluding hydrogens is 204 g/mol. The number of pyridine rings is 1. The first-order valence-electron chi connectivity index (χ1n) is 5.49. The molecule has 0 aromatic carbocycles. The number of nitrogens with one attached hydrogen (secondary N) is 1. The highest BCUT2D eigenvalue weighted by molar-refractivity contribution is 5.54. The zero-order chi connectivity index (χ0) is 11.5. The van der Waals surface area contributed by atoms with E-state index in [-0.39, 0.29) is 0 Å². The first kappa shape index (κ1) is 11.0. The van der Waals surface area contributed by atoms with Crippen LogP contribution in [0.3, 0.4) is 0 Å². The molecule has 16 heavy (non-hydrogen) atoms. The molecule has 1 aromatic heterocycles. The second-order valence-corrected chi connectivity index (χ2v) is 4.06. The van der Waals surface area contributed by atoms with Crippen molar-refractivity contribution in [3.05, 3.63) is 12.1 Å². The summed E-state index contributed by atoms with van der Waals surface area (Å²) in [6, 6.07) is 4.30. The lowest BCUT2D eigenvalue weighted by Crippen LogP contribution is -2.49. The number of hydrogen-bond acceptors (Lipinski definition) is 5. The summed E-state index contributed by atoms with van der Waals surface area (Å²) in [5.41, 5.74) is 5.79. The third-order valence-corrected chi connectivity index (χ3v) is 2.78. The molecule has 1 aliphatic heterocycles. The number of rotatable bonds is 2. The second-order valence-electron chi connectivity index (χ2n) is 4.06. The van der Waals surface area contributed by atoms with Gasteiger partial charge in [-0.25, -0.2) is 4.98 Å². The number of methoxy groups -OCH3 is 1. The van der Waals surface area contributed by atoms with Crippen LogP contribution in [0.25, 0.3) is 0 Å². The summed E-state index contributed by atoms with van der Waals surface area (Å²) in [6.07, 6.45) is 0. The van der Waals surface area contributed by atoms with E-state index in [1.807, 2.05) is 12.1 Å². The standard InChI is InChI=1S/C11H18N4O/c1-8-7-15(6-5-13-8)10-4-3-9(16-2)11(12)14-10/h3-4,8,13H,5-7H2,1-2H3,(H2,12,14)/t8-/m0/s1. The van der Waals surface area contributed by atoms with E-state index in [1.165, 1.54) is 0 Å². The highest BCUT2D eigenvalue weighted by atomic mass is 16.5.